The molecule has 0 bridgehead atoms. The van der Waals surface area contributed by atoms with Crippen LogP contribution >= 0.6 is 11.6 Å². The first kappa shape index (κ1) is 20.7. The summed E-state index contributed by atoms with van der Waals surface area (Å²) in [5.74, 6) is 0.327. The second-order valence-electron chi connectivity index (χ2n) is 6.64. The molecular weight excluding hydrogens is 401 g/mol. The van der Waals surface area contributed by atoms with E-state index in [1.807, 2.05) is 13.0 Å². The molecule has 7 heteroatoms. The van der Waals surface area contributed by atoms with Crippen LogP contribution in [0, 0.1) is 18.3 Å². The Morgan fingerprint density at radius 3 is 2.28 bits per heavy atom. The molecule has 0 saturated heterocycles. The maximum atomic E-state index is 13.5. The third-order valence-electron chi connectivity index (χ3n) is 4.55. The third kappa shape index (κ3) is 4.36. The number of rotatable bonds is 4. The number of hydrogen-bond acceptors (Lipinski definition) is 2. The van der Waals surface area contributed by atoms with Gasteiger partial charge in [0.2, 0.25) is 0 Å². The van der Waals surface area contributed by atoms with Gasteiger partial charge in [0.25, 0.3) is 5.56 Å². The Balaban J connectivity index is 2.27. The van der Waals surface area contributed by atoms with E-state index in [9.17, 15) is 23.2 Å². The first-order valence-corrected chi connectivity index (χ1v) is 9.24. The normalized spacial score (nSPS) is 11.3. The SMILES string of the molecule is Cc1cccc(-c2cc(C(F)(F)F)c(C#N)c(=O)n2Cc2ccc(CCl)cc2)c1. The van der Waals surface area contributed by atoms with Crippen LogP contribution in [0.3, 0.4) is 0 Å². The van der Waals surface area contributed by atoms with E-state index in [1.54, 1.807) is 42.5 Å². The summed E-state index contributed by atoms with van der Waals surface area (Å²) < 4.78 is 41.8. The Labute approximate surface area is 170 Å². The standard InChI is InChI=1S/C22H16ClF3N2O/c1-14-3-2-4-17(9-14)20-10-19(22(24,25)26)18(12-27)21(29)28(20)13-16-7-5-15(11-23)6-8-16/h2-10H,11,13H2,1H3. The molecule has 29 heavy (non-hydrogen) atoms. The van der Waals surface area contributed by atoms with Gasteiger partial charge in [-0.15, -0.1) is 11.6 Å². The average Bonchev–Trinajstić information content (AvgIpc) is 2.69. The molecule has 148 valence electrons. The molecule has 1 heterocycles. The van der Waals surface area contributed by atoms with Crippen LogP contribution in [0.25, 0.3) is 11.3 Å². The minimum atomic E-state index is -4.82. The lowest BCUT2D eigenvalue weighted by molar-refractivity contribution is -0.137. The maximum Gasteiger partial charge on any atom is 0.417 e. The molecule has 3 aromatic rings. The van der Waals surface area contributed by atoms with Gasteiger partial charge in [0.15, 0.2) is 0 Å². The van der Waals surface area contributed by atoms with E-state index in [2.05, 4.69) is 0 Å². The third-order valence-corrected chi connectivity index (χ3v) is 4.86. The Hall–Kier alpha value is -3.04. The maximum absolute atomic E-state index is 13.5. The van der Waals surface area contributed by atoms with Crippen molar-refractivity contribution >= 4 is 11.6 Å². The monoisotopic (exact) mass is 416 g/mol. The fourth-order valence-electron chi connectivity index (χ4n) is 3.09. The first-order chi connectivity index (χ1) is 13.7. The second-order valence-corrected chi connectivity index (χ2v) is 6.91. The molecule has 0 unspecified atom stereocenters. The summed E-state index contributed by atoms with van der Waals surface area (Å²) in [4.78, 5) is 12.9. The van der Waals surface area contributed by atoms with Crippen molar-refractivity contribution in [3.63, 3.8) is 0 Å². The van der Waals surface area contributed by atoms with Crippen molar-refractivity contribution in [2.45, 2.75) is 25.5 Å². The van der Waals surface area contributed by atoms with Crippen LogP contribution in [0.2, 0.25) is 0 Å². The molecule has 0 atom stereocenters. The highest BCUT2D eigenvalue weighted by molar-refractivity contribution is 6.17. The highest BCUT2D eigenvalue weighted by Gasteiger charge is 2.36. The Bertz CT molecular complexity index is 1140. The average molecular weight is 417 g/mol. The minimum absolute atomic E-state index is 0.0253. The van der Waals surface area contributed by atoms with Gasteiger partial charge >= 0.3 is 6.18 Å². The number of hydrogen-bond donors (Lipinski definition) is 0. The van der Waals surface area contributed by atoms with Gasteiger partial charge < -0.3 is 4.57 Å². The van der Waals surface area contributed by atoms with Crippen molar-refractivity contribution in [1.29, 1.82) is 5.26 Å². The van der Waals surface area contributed by atoms with Crippen molar-refractivity contribution in [1.82, 2.24) is 4.57 Å². The summed E-state index contributed by atoms with van der Waals surface area (Å²) in [7, 11) is 0. The molecule has 0 spiro atoms. The zero-order chi connectivity index (χ0) is 21.2. The van der Waals surface area contributed by atoms with Gasteiger partial charge in [-0.1, -0.05) is 48.0 Å². The number of pyridine rings is 1. The summed E-state index contributed by atoms with van der Waals surface area (Å²) in [5.41, 5.74) is -0.112. The van der Waals surface area contributed by atoms with Gasteiger partial charge in [-0.3, -0.25) is 4.79 Å². The van der Waals surface area contributed by atoms with Crippen LogP contribution in [-0.4, -0.2) is 4.57 Å². The second kappa shape index (κ2) is 8.14. The lowest BCUT2D eigenvalue weighted by Crippen LogP contribution is -2.28. The quantitative estimate of drug-likeness (QED) is 0.527. The summed E-state index contributed by atoms with van der Waals surface area (Å²) in [6.45, 7) is 1.84. The van der Waals surface area contributed by atoms with Crippen LogP contribution in [0.4, 0.5) is 13.2 Å². The molecule has 3 rings (SSSR count). The topological polar surface area (TPSA) is 45.8 Å². The number of halogens is 4. The Morgan fingerprint density at radius 1 is 1.07 bits per heavy atom. The predicted molar refractivity (Wildman–Crippen MR) is 106 cm³/mol. The van der Waals surface area contributed by atoms with E-state index in [1.165, 1.54) is 10.6 Å². The van der Waals surface area contributed by atoms with Gasteiger partial charge in [-0.05, 0) is 35.7 Å². The highest BCUT2D eigenvalue weighted by Crippen LogP contribution is 2.33. The number of aromatic nitrogens is 1. The van der Waals surface area contributed by atoms with E-state index in [4.69, 9.17) is 11.6 Å². The van der Waals surface area contributed by atoms with Gasteiger partial charge in [-0.2, -0.15) is 18.4 Å². The summed E-state index contributed by atoms with van der Waals surface area (Å²) in [5, 5.41) is 9.25. The fraction of sp³-hybridized carbons (Fsp3) is 0.182. The van der Waals surface area contributed by atoms with Crippen LogP contribution < -0.4 is 5.56 Å². The summed E-state index contributed by atoms with van der Waals surface area (Å²) in [6.07, 6.45) is -4.82. The molecule has 0 N–H and O–H groups in total. The van der Waals surface area contributed by atoms with Crippen LogP contribution in [-0.2, 0) is 18.6 Å². The number of nitrogens with zero attached hydrogens (tertiary/aromatic N) is 2. The van der Waals surface area contributed by atoms with E-state index in [0.29, 0.717) is 17.0 Å². The highest BCUT2D eigenvalue weighted by atomic mass is 35.5. The smallest absolute Gasteiger partial charge is 0.303 e. The molecule has 2 aromatic carbocycles. The van der Waals surface area contributed by atoms with E-state index in [0.717, 1.165) is 17.2 Å². The lowest BCUT2D eigenvalue weighted by atomic mass is 10.0. The number of benzene rings is 2. The zero-order valence-electron chi connectivity index (χ0n) is 15.4. The van der Waals surface area contributed by atoms with Gasteiger partial charge in [-0.25, -0.2) is 0 Å². The molecule has 3 nitrogen and oxygen atoms in total. The number of alkyl halides is 4. The summed E-state index contributed by atoms with van der Waals surface area (Å²) in [6, 6.07) is 16.3. The van der Waals surface area contributed by atoms with Crippen molar-refractivity contribution in [2.24, 2.45) is 0 Å². The van der Waals surface area contributed by atoms with Crippen molar-refractivity contribution in [3.05, 3.63) is 92.8 Å². The Morgan fingerprint density at radius 2 is 1.72 bits per heavy atom. The van der Waals surface area contributed by atoms with Gasteiger partial charge in [0.1, 0.15) is 11.6 Å². The molecule has 0 aliphatic heterocycles. The summed E-state index contributed by atoms with van der Waals surface area (Å²) >= 11 is 5.79. The van der Waals surface area contributed by atoms with Crippen molar-refractivity contribution < 1.29 is 13.2 Å². The minimum Gasteiger partial charge on any atom is -0.303 e. The van der Waals surface area contributed by atoms with E-state index < -0.39 is 22.9 Å². The largest absolute Gasteiger partial charge is 0.417 e. The molecule has 1 aromatic heterocycles. The predicted octanol–water partition coefficient (Wildman–Crippen LogP) is 5.50. The molecule has 0 fully saturated rings. The van der Waals surface area contributed by atoms with E-state index in [-0.39, 0.29) is 12.2 Å². The number of aryl methyl sites for hydroxylation is 1. The zero-order valence-corrected chi connectivity index (χ0v) is 16.2. The van der Waals surface area contributed by atoms with Gasteiger partial charge in [0, 0.05) is 5.88 Å². The molecule has 0 aliphatic rings. The fourth-order valence-corrected chi connectivity index (χ4v) is 3.27. The lowest BCUT2D eigenvalue weighted by Gasteiger charge is -2.18. The van der Waals surface area contributed by atoms with Crippen molar-refractivity contribution in [3.8, 4) is 17.3 Å². The van der Waals surface area contributed by atoms with E-state index >= 15 is 0 Å². The van der Waals surface area contributed by atoms with Crippen LogP contribution in [0.15, 0.2) is 59.4 Å². The van der Waals surface area contributed by atoms with Crippen LogP contribution in [0.1, 0.15) is 27.8 Å². The van der Waals surface area contributed by atoms with Crippen molar-refractivity contribution in [2.75, 3.05) is 0 Å². The van der Waals surface area contributed by atoms with Crippen LogP contribution in [0.5, 0.6) is 0 Å². The Kier molecular flexibility index (Phi) is 5.81. The molecule has 0 aliphatic carbocycles. The molecule has 0 saturated carbocycles. The van der Waals surface area contributed by atoms with Gasteiger partial charge in [0.05, 0.1) is 17.8 Å². The molecule has 0 radical (unpaired) electrons. The number of nitriles is 1. The first-order valence-electron chi connectivity index (χ1n) is 8.70. The molecular formula is C22H16ClF3N2O. The molecule has 0 amide bonds.